The second kappa shape index (κ2) is 8.48. The molecule has 2 heterocycles. The summed E-state index contributed by atoms with van der Waals surface area (Å²) in [6.45, 7) is 3.01. The van der Waals surface area contributed by atoms with Gasteiger partial charge in [0.25, 0.3) is 0 Å². The van der Waals surface area contributed by atoms with Crippen molar-refractivity contribution in [1.82, 2.24) is 14.9 Å². The van der Waals surface area contributed by atoms with Gasteiger partial charge in [-0.05, 0) is 30.7 Å². The summed E-state index contributed by atoms with van der Waals surface area (Å²) in [6, 6.07) is 6.97. The highest BCUT2D eigenvalue weighted by Crippen LogP contribution is 2.20. The monoisotopic (exact) mass is 370 g/mol. The van der Waals surface area contributed by atoms with Crippen LogP contribution in [-0.2, 0) is 4.74 Å². The van der Waals surface area contributed by atoms with E-state index in [1.165, 1.54) is 7.11 Å². The van der Waals surface area contributed by atoms with Crippen LogP contribution in [0.1, 0.15) is 28.8 Å². The molecule has 2 amide bonds. The fourth-order valence-electron chi connectivity index (χ4n) is 2.87. The lowest BCUT2D eigenvalue weighted by Crippen LogP contribution is -2.44. The lowest BCUT2D eigenvalue weighted by Gasteiger charge is -2.31. The summed E-state index contributed by atoms with van der Waals surface area (Å²) < 4.78 is 10.5. The largest absolute Gasteiger partial charge is 0.465 e. The van der Waals surface area contributed by atoms with Crippen LogP contribution in [0.25, 0.3) is 0 Å². The zero-order valence-corrected chi connectivity index (χ0v) is 15.3. The minimum atomic E-state index is -0.438. The van der Waals surface area contributed by atoms with E-state index in [9.17, 15) is 9.59 Å². The summed E-state index contributed by atoms with van der Waals surface area (Å²) in [7, 11) is 1.33. The van der Waals surface area contributed by atoms with Crippen LogP contribution < -0.4 is 10.1 Å². The van der Waals surface area contributed by atoms with Crippen molar-refractivity contribution in [1.29, 1.82) is 0 Å². The summed E-state index contributed by atoms with van der Waals surface area (Å²) >= 11 is 0. The van der Waals surface area contributed by atoms with Gasteiger partial charge in [0.2, 0.25) is 0 Å². The third kappa shape index (κ3) is 4.72. The number of aryl methyl sites for hydroxylation is 1. The van der Waals surface area contributed by atoms with Crippen molar-refractivity contribution in [2.75, 3.05) is 25.5 Å². The maximum absolute atomic E-state index is 12.6. The molecule has 0 unspecified atom stereocenters. The maximum atomic E-state index is 12.6. The first kappa shape index (κ1) is 18.6. The number of benzene rings is 1. The molecule has 3 rings (SSSR count). The molecule has 0 aliphatic carbocycles. The third-order valence-electron chi connectivity index (χ3n) is 4.44. The van der Waals surface area contributed by atoms with Crippen molar-refractivity contribution in [3.8, 4) is 6.01 Å². The summed E-state index contributed by atoms with van der Waals surface area (Å²) in [6.07, 6.45) is 4.66. The predicted octanol–water partition coefficient (Wildman–Crippen LogP) is 2.65. The van der Waals surface area contributed by atoms with Crippen LogP contribution in [0.4, 0.5) is 10.5 Å². The van der Waals surface area contributed by atoms with Crippen molar-refractivity contribution < 1.29 is 19.1 Å². The molecule has 8 nitrogen and oxygen atoms in total. The van der Waals surface area contributed by atoms with Crippen molar-refractivity contribution >= 4 is 17.7 Å². The van der Waals surface area contributed by atoms with Crippen molar-refractivity contribution in [3.05, 3.63) is 47.8 Å². The fourth-order valence-corrected chi connectivity index (χ4v) is 2.87. The van der Waals surface area contributed by atoms with Gasteiger partial charge in [-0.15, -0.1) is 0 Å². The number of hydrogen-bond donors (Lipinski definition) is 1. The number of carbonyl (C=O) groups excluding carboxylic acids is 2. The minimum Gasteiger partial charge on any atom is -0.465 e. The van der Waals surface area contributed by atoms with Crippen LogP contribution in [0.3, 0.4) is 0 Å². The number of anilines is 1. The van der Waals surface area contributed by atoms with Gasteiger partial charge in [-0.1, -0.05) is 6.07 Å². The van der Waals surface area contributed by atoms with E-state index in [0.717, 1.165) is 5.56 Å². The van der Waals surface area contributed by atoms with Crippen LogP contribution in [0.2, 0.25) is 0 Å². The van der Waals surface area contributed by atoms with E-state index in [1.54, 1.807) is 41.6 Å². The quantitative estimate of drug-likeness (QED) is 0.832. The van der Waals surface area contributed by atoms with E-state index < -0.39 is 5.97 Å². The molecule has 2 aromatic rings. The first-order chi connectivity index (χ1) is 13.1. The molecule has 1 fully saturated rings. The van der Waals surface area contributed by atoms with E-state index >= 15 is 0 Å². The summed E-state index contributed by atoms with van der Waals surface area (Å²) in [4.78, 5) is 34.1. The second-order valence-electron chi connectivity index (χ2n) is 6.29. The summed E-state index contributed by atoms with van der Waals surface area (Å²) in [5.41, 5.74) is 1.86. The van der Waals surface area contributed by atoms with Crippen molar-refractivity contribution in [2.24, 2.45) is 0 Å². The highest BCUT2D eigenvalue weighted by Gasteiger charge is 2.25. The number of methoxy groups -OCH3 is 1. The number of rotatable bonds is 4. The molecule has 1 aromatic heterocycles. The van der Waals surface area contributed by atoms with Crippen LogP contribution in [0.5, 0.6) is 6.01 Å². The maximum Gasteiger partial charge on any atom is 0.337 e. The Bertz CT molecular complexity index is 805. The Morgan fingerprint density at radius 2 is 1.89 bits per heavy atom. The van der Waals surface area contributed by atoms with Crippen molar-refractivity contribution in [2.45, 2.75) is 25.9 Å². The predicted molar refractivity (Wildman–Crippen MR) is 98.8 cm³/mol. The highest BCUT2D eigenvalue weighted by atomic mass is 16.5. The van der Waals surface area contributed by atoms with Gasteiger partial charge in [0.15, 0.2) is 0 Å². The molecule has 0 radical (unpaired) electrons. The van der Waals surface area contributed by atoms with E-state index in [4.69, 9.17) is 9.47 Å². The van der Waals surface area contributed by atoms with Gasteiger partial charge >= 0.3 is 18.0 Å². The number of hydrogen-bond acceptors (Lipinski definition) is 6. The normalized spacial score (nSPS) is 14.5. The molecule has 142 valence electrons. The Morgan fingerprint density at radius 3 is 2.56 bits per heavy atom. The topological polar surface area (TPSA) is 93.7 Å². The Labute approximate surface area is 157 Å². The zero-order valence-electron chi connectivity index (χ0n) is 15.3. The van der Waals surface area contributed by atoms with Gasteiger partial charge in [0.05, 0.1) is 12.7 Å². The first-order valence-corrected chi connectivity index (χ1v) is 8.75. The zero-order chi connectivity index (χ0) is 19.2. The van der Waals surface area contributed by atoms with Crippen LogP contribution >= 0.6 is 0 Å². The molecule has 1 aliphatic rings. The third-order valence-corrected chi connectivity index (χ3v) is 4.44. The van der Waals surface area contributed by atoms with E-state index in [1.807, 2.05) is 6.92 Å². The van der Waals surface area contributed by atoms with Gasteiger partial charge in [0, 0.05) is 44.0 Å². The fraction of sp³-hybridized carbons (Fsp3) is 0.368. The molecule has 8 heteroatoms. The molecule has 0 saturated carbocycles. The average molecular weight is 370 g/mol. The Hall–Kier alpha value is -3.16. The minimum absolute atomic E-state index is 0.0131. The molecule has 0 spiro atoms. The average Bonchev–Trinajstić information content (AvgIpc) is 2.70. The SMILES string of the molecule is COC(=O)c1ccc(C)c(NC(=O)N2CCC(Oc3ncccn3)CC2)c1. The molecule has 1 aliphatic heterocycles. The molecule has 27 heavy (non-hydrogen) atoms. The second-order valence-corrected chi connectivity index (χ2v) is 6.29. The molecule has 0 bridgehead atoms. The summed E-state index contributed by atoms with van der Waals surface area (Å²) in [5.74, 6) is -0.438. The van der Waals surface area contributed by atoms with Crippen LogP contribution in [-0.4, -0.2) is 53.2 Å². The number of amides is 2. The molecular formula is C19H22N4O4. The number of urea groups is 1. The number of carbonyl (C=O) groups is 2. The first-order valence-electron chi connectivity index (χ1n) is 8.75. The Balaban J connectivity index is 1.56. The lowest BCUT2D eigenvalue weighted by atomic mass is 10.1. The molecule has 1 N–H and O–H groups in total. The smallest absolute Gasteiger partial charge is 0.337 e. The highest BCUT2D eigenvalue weighted by molar-refractivity contribution is 5.94. The van der Waals surface area contributed by atoms with Gasteiger partial charge in [-0.3, -0.25) is 0 Å². The van der Waals surface area contributed by atoms with Gasteiger partial charge in [0.1, 0.15) is 6.10 Å². The van der Waals surface area contributed by atoms with E-state index in [-0.39, 0.29) is 12.1 Å². The Morgan fingerprint density at radius 1 is 1.19 bits per heavy atom. The molecule has 1 saturated heterocycles. The number of piperidine rings is 1. The van der Waals surface area contributed by atoms with E-state index in [0.29, 0.717) is 43.2 Å². The lowest BCUT2D eigenvalue weighted by molar-refractivity contribution is 0.0600. The number of likely N-dealkylation sites (tertiary alicyclic amines) is 1. The standard InChI is InChI=1S/C19H22N4O4/c1-13-4-5-14(17(24)26-2)12-16(13)22-19(25)23-10-6-15(7-11-23)27-18-20-8-3-9-21-18/h3-5,8-9,12,15H,6-7,10-11H2,1-2H3,(H,22,25). The Kier molecular flexibility index (Phi) is 5.85. The molecule has 1 aromatic carbocycles. The molecular weight excluding hydrogens is 348 g/mol. The van der Waals surface area contributed by atoms with Gasteiger partial charge < -0.3 is 19.7 Å². The van der Waals surface area contributed by atoms with Gasteiger partial charge in [-0.25, -0.2) is 19.6 Å². The van der Waals surface area contributed by atoms with Crippen LogP contribution in [0, 0.1) is 6.92 Å². The summed E-state index contributed by atoms with van der Waals surface area (Å²) in [5, 5.41) is 2.88. The number of nitrogens with one attached hydrogen (secondary N) is 1. The van der Waals surface area contributed by atoms with Crippen LogP contribution in [0.15, 0.2) is 36.7 Å². The van der Waals surface area contributed by atoms with Crippen molar-refractivity contribution in [3.63, 3.8) is 0 Å². The number of esters is 1. The number of ether oxygens (including phenoxy) is 2. The number of nitrogens with zero attached hydrogens (tertiary/aromatic N) is 3. The van der Waals surface area contributed by atoms with E-state index in [2.05, 4.69) is 15.3 Å². The molecule has 0 atom stereocenters. The number of aromatic nitrogens is 2. The van der Waals surface area contributed by atoms with Gasteiger partial charge in [-0.2, -0.15) is 0 Å².